The number of esters is 4. The van der Waals surface area contributed by atoms with Gasteiger partial charge in [0.05, 0.1) is 124 Å². The fourth-order valence-corrected chi connectivity index (χ4v) is 8.86. The first-order valence-electron chi connectivity index (χ1n) is 20.6. The Balaban J connectivity index is 7.39. The van der Waals surface area contributed by atoms with E-state index in [4.69, 9.17) is 118 Å². The Morgan fingerprint density at radius 1 is 0.369 bits per heavy atom. The van der Waals surface area contributed by atoms with E-state index in [0.717, 1.165) is 0 Å². The molecular weight excluding hydrogens is 1010 g/mol. The van der Waals surface area contributed by atoms with Crippen LogP contribution in [0.4, 0.5) is 0 Å². The van der Waals surface area contributed by atoms with E-state index in [1.165, 1.54) is 28.4 Å². The molecule has 0 bridgehead atoms. The van der Waals surface area contributed by atoms with Crippen molar-refractivity contribution in [3.05, 3.63) is 0 Å². The Morgan fingerprint density at radius 2 is 0.585 bits per heavy atom. The molecule has 0 fully saturated rings. The SMILES string of the molecule is COOCC(S)CC(COCC(COC(=O)CCS)(COC(=O)CCS)CC(S)COOC)(COCC(COC(=O)CCS)(CC(S)COOC)CC(S)COOC)COC(=O)CCS. The minimum atomic E-state index is -1.18. The van der Waals surface area contributed by atoms with E-state index in [1.807, 2.05) is 0 Å². The van der Waals surface area contributed by atoms with Crippen LogP contribution in [0.15, 0.2) is 0 Å². The van der Waals surface area contributed by atoms with Gasteiger partial charge in [-0.15, -0.1) is 0 Å². The van der Waals surface area contributed by atoms with E-state index in [9.17, 15) is 19.2 Å². The molecule has 26 heteroatoms. The van der Waals surface area contributed by atoms with Gasteiger partial charge in [0.25, 0.3) is 0 Å². The highest BCUT2D eigenvalue weighted by atomic mass is 32.1. The summed E-state index contributed by atoms with van der Waals surface area (Å²) in [5.41, 5.74) is -3.30. The minimum Gasteiger partial charge on any atom is -0.465 e. The molecule has 0 aliphatic carbocycles. The first-order valence-corrected chi connectivity index (χ1v) is 25.2. The van der Waals surface area contributed by atoms with E-state index >= 15 is 0 Å². The van der Waals surface area contributed by atoms with Gasteiger partial charge in [0.2, 0.25) is 0 Å². The van der Waals surface area contributed by atoms with Crippen LogP contribution >= 0.6 is 101 Å². The van der Waals surface area contributed by atoms with Crippen molar-refractivity contribution in [2.45, 2.75) is 72.4 Å². The lowest BCUT2D eigenvalue weighted by molar-refractivity contribution is -0.274. The lowest BCUT2D eigenvalue weighted by atomic mass is 9.79. The van der Waals surface area contributed by atoms with Crippen LogP contribution in [0.1, 0.15) is 51.4 Å². The third kappa shape index (κ3) is 32.0. The first-order chi connectivity index (χ1) is 31.1. The quantitative estimate of drug-likeness (QED) is 0.0140. The summed E-state index contributed by atoms with van der Waals surface area (Å²) in [6.07, 6.45) is 1.03. The van der Waals surface area contributed by atoms with Crippen molar-refractivity contribution in [3.8, 4) is 0 Å². The standard InChI is InChI=1S/C39H72O18S8/c1-44-54-17-29(62)13-37(14-30(63)18-55-45-2,25-50-33(40)5-9-58)21-48-22-38(15-31(64)19-56-46-3,26-51-34(41)6-10-59)23-49-24-39(16-32(65)20-57-47-4,27-52-35(42)7-11-60)28-53-36(43)8-12-61/h29-32,58-65H,5-28H2,1-4H3. The number of carbonyl (C=O) groups is 4. The molecule has 0 aromatic rings. The van der Waals surface area contributed by atoms with Crippen molar-refractivity contribution >= 4 is 125 Å². The van der Waals surface area contributed by atoms with Gasteiger partial charge in [0, 0.05) is 49.4 Å². The topological polar surface area (TPSA) is 197 Å². The number of thiol groups is 8. The highest BCUT2D eigenvalue weighted by molar-refractivity contribution is 7.81. The lowest BCUT2D eigenvalue weighted by Gasteiger charge is -2.40. The summed E-state index contributed by atoms with van der Waals surface area (Å²) in [5, 5.41) is -1.91. The van der Waals surface area contributed by atoms with Crippen LogP contribution in [0.3, 0.4) is 0 Å². The molecule has 0 amide bonds. The monoisotopic (exact) mass is 1080 g/mol. The van der Waals surface area contributed by atoms with Crippen LogP contribution in [0.25, 0.3) is 0 Å². The van der Waals surface area contributed by atoms with Crippen LogP contribution < -0.4 is 0 Å². The average molecular weight is 1090 g/mol. The number of rotatable bonds is 44. The van der Waals surface area contributed by atoms with E-state index in [2.05, 4.69) is 50.5 Å². The second-order valence-electron chi connectivity index (χ2n) is 15.3. The maximum atomic E-state index is 13.0. The van der Waals surface area contributed by atoms with Crippen molar-refractivity contribution in [1.82, 2.24) is 0 Å². The summed E-state index contributed by atoms with van der Waals surface area (Å²) in [7, 11) is 5.47. The summed E-state index contributed by atoms with van der Waals surface area (Å²) in [6, 6.07) is 0. The second-order valence-corrected chi connectivity index (χ2v) is 20.0. The van der Waals surface area contributed by atoms with Crippen LogP contribution in [-0.4, -0.2) is 176 Å². The van der Waals surface area contributed by atoms with Gasteiger partial charge >= 0.3 is 23.9 Å². The Morgan fingerprint density at radius 3 is 0.831 bits per heavy atom. The van der Waals surface area contributed by atoms with Crippen LogP contribution in [0.2, 0.25) is 0 Å². The summed E-state index contributed by atoms with van der Waals surface area (Å²) in [4.78, 5) is 91.4. The van der Waals surface area contributed by atoms with Crippen molar-refractivity contribution in [2.75, 3.05) is 131 Å². The van der Waals surface area contributed by atoms with E-state index in [-0.39, 0.29) is 154 Å². The second kappa shape index (κ2) is 39.9. The fraction of sp³-hybridized carbons (Fsp3) is 0.897. The van der Waals surface area contributed by atoms with Gasteiger partial charge in [-0.25, -0.2) is 39.1 Å². The average Bonchev–Trinajstić information content (AvgIpc) is 3.26. The summed E-state index contributed by atoms with van der Waals surface area (Å²) in [5.74, 6) is -1.06. The maximum Gasteiger partial charge on any atom is 0.306 e. The maximum absolute atomic E-state index is 13.0. The Kier molecular flexibility index (Phi) is 40.1. The van der Waals surface area contributed by atoms with Crippen LogP contribution in [0, 0.1) is 16.2 Å². The molecule has 0 N–H and O–H groups in total. The number of carbonyl (C=O) groups excluding carboxylic acids is 4. The van der Waals surface area contributed by atoms with Crippen molar-refractivity contribution in [2.24, 2.45) is 16.2 Å². The molecule has 0 heterocycles. The molecule has 0 saturated carbocycles. The Bertz CT molecular complexity index is 1230. The van der Waals surface area contributed by atoms with Crippen molar-refractivity contribution in [3.63, 3.8) is 0 Å². The fourth-order valence-electron chi connectivity index (χ4n) is 6.34. The smallest absolute Gasteiger partial charge is 0.306 e. The zero-order chi connectivity index (χ0) is 49.0. The van der Waals surface area contributed by atoms with E-state index in [0.29, 0.717) is 0 Å². The predicted octanol–water partition coefficient (Wildman–Crippen LogP) is 4.50. The largest absolute Gasteiger partial charge is 0.465 e. The first kappa shape index (κ1) is 65.3. The minimum absolute atomic E-state index is 0.0177. The molecule has 0 saturated heterocycles. The highest BCUT2D eigenvalue weighted by Gasteiger charge is 2.42. The predicted molar refractivity (Wildman–Crippen MR) is 268 cm³/mol. The molecule has 18 nitrogen and oxygen atoms in total. The van der Waals surface area contributed by atoms with Gasteiger partial charge in [-0.1, -0.05) is 0 Å². The molecule has 0 aromatic carbocycles. The van der Waals surface area contributed by atoms with Gasteiger partial charge in [0.15, 0.2) is 0 Å². The van der Waals surface area contributed by atoms with Crippen molar-refractivity contribution in [1.29, 1.82) is 0 Å². The van der Waals surface area contributed by atoms with Gasteiger partial charge in [-0.05, 0) is 25.7 Å². The molecule has 0 aromatic heterocycles. The zero-order valence-corrected chi connectivity index (χ0v) is 44.9. The molecule has 0 aliphatic rings. The van der Waals surface area contributed by atoms with Gasteiger partial charge in [-0.2, -0.15) is 101 Å². The third-order valence-electron chi connectivity index (χ3n) is 9.24. The van der Waals surface area contributed by atoms with Gasteiger partial charge in [0.1, 0.15) is 19.8 Å². The summed E-state index contributed by atoms with van der Waals surface area (Å²) >= 11 is 35.7. The van der Waals surface area contributed by atoms with Crippen molar-refractivity contribution < 1.29 is 86.7 Å². The summed E-state index contributed by atoms with van der Waals surface area (Å²) in [6.45, 7) is -1.07. The Hall–Kier alpha value is 0.280. The lowest BCUT2D eigenvalue weighted by Crippen LogP contribution is -2.46. The molecule has 5 unspecified atom stereocenters. The number of ether oxygens (including phenoxy) is 6. The highest BCUT2D eigenvalue weighted by Crippen LogP contribution is 2.37. The zero-order valence-electron chi connectivity index (χ0n) is 37.7. The molecule has 384 valence electrons. The molecular formula is C39H72O18S8. The normalized spacial score (nSPS) is 15.6. The van der Waals surface area contributed by atoms with E-state index < -0.39 is 61.1 Å². The molecule has 65 heavy (non-hydrogen) atoms. The Labute approximate surface area is 428 Å². The van der Waals surface area contributed by atoms with Crippen LogP contribution in [0.5, 0.6) is 0 Å². The number of hydrogen-bond acceptors (Lipinski definition) is 26. The number of hydrogen-bond donors (Lipinski definition) is 8. The molecule has 0 aliphatic heterocycles. The van der Waals surface area contributed by atoms with Gasteiger partial charge in [-0.3, -0.25) is 19.2 Å². The van der Waals surface area contributed by atoms with Crippen LogP contribution in [-0.2, 0) is 86.7 Å². The van der Waals surface area contributed by atoms with Gasteiger partial charge < -0.3 is 28.4 Å². The summed E-state index contributed by atoms with van der Waals surface area (Å²) < 4.78 is 36.3. The molecule has 0 rings (SSSR count). The van der Waals surface area contributed by atoms with E-state index in [1.54, 1.807) is 0 Å². The third-order valence-corrected chi connectivity index (χ3v) is 11.5. The molecule has 0 spiro atoms. The molecule has 0 radical (unpaired) electrons. The molecule has 5 atom stereocenters.